The third kappa shape index (κ3) is 4.72. The molecule has 1 heterocycles. The second-order valence-corrected chi connectivity index (χ2v) is 6.80. The van der Waals surface area contributed by atoms with Gasteiger partial charge < -0.3 is 19.9 Å². The van der Waals surface area contributed by atoms with Crippen LogP contribution in [0.5, 0.6) is 5.75 Å². The Hall–Kier alpha value is -2.08. The molecule has 1 aromatic rings. The Labute approximate surface area is 147 Å². The molecule has 6 nitrogen and oxygen atoms in total. The molecule has 1 amide bonds. The number of rotatable bonds is 6. The molecule has 25 heavy (non-hydrogen) atoms. The van der Waals surface area contributed by atoms with Crippen LogP contribution in [-0.2, 0) is 9.53 Å². The summed E-state index contributed by atoms with van der Waals surface area (Å²) < 4.78 is 11.4. The van der Waals surface area contributed by atoms with E-state index in [4.69, 9.17) is 14.6 Å². The SMILES string of the molecule is O=C(NC1CCC(C(=O)O)CC1)c1ccccc1OCC1CCCO1. The van der Waals surface area contributed by atoms with E-state index in [1.54, 1.807) is 12.1 Å². The zero-order valence-electron chi connectivity index (χ0n) is 14.3. The lowest BCUT2D eigenvalue weighted by Gasteiger charge is -2.27. The third-order valence-electron chi connectivity index (χ3n) is 4.99. The number of carbonyl (C=O) groups excluding carboxylic acids is 1. The summed E-state index contributed by atoms with van der Waals surface area (Å²) in [6.45, 7) is 1.23. The molecule has 136 valence electrons. The van der Waals surface area contributed by atoms with Crippen LogP contribution in [0.2, 0.25) is 0 Å². The highest BCUT2D eigenvalue weighted by atomic mass is 16.5. The molecule has 0 radical (unpaired) electrons. The molecule has 0 bridgehead atoms. The molecule has 2 aliphatic rings. The molecule has 1 aliphatic heterocycles. The van der Waals surface area contributed by atoms with E-state index in [1.165, 1.54) is 0 Å². The minimum atomic E-state index is -0.738. The predicted octanol–water partition coefficient (Wildman–Crippen LogP) is 2.62. The number of para-hydroxylation sites is 1. The first-order valence-corrected chi connectivity index (χ1v) is 9.00. The number of carboxylic acid groups (broad SMARTS) is 1. The van der Waals surface area contributed by atoms with Gasteiger partial charge in [-0.15, -0.1) is 0 Å². The van der Waals surface area contributed by atoms with E-state index in [9.17, 15) is 9.59 Å². The summed E-state index contributed by atoms with van der Waals surface area (Å²) >= 11 is 0. The molecule has 1 saturated heterocycles. The fourth-order valence-electron chi connectivity index (χ4n) is 3.49. The standard InChI is InChI=1S/C19H25NO5/c21-18(20-14-9-7-13(8-10-14)19(22)23)16-5-1-2-6-17(16)25-12-15-4-3-11-24-15/h1-2,5-6,13-15H,3-4,7-12H2,(H,20,21)(H,22,23). The average molecular weight is 347 g/mol. The highest BCUT2D eigenvalue weighted by Gasteiger charge is 2.27. The van der Waals surface area contributed by atoms with Crippen molar-refractivity contribution in [1.29, 1.82) is 0 Å². The van der Waals surface area contributed by atoms with Gasteiger partial charge in [0.1, 0.15) is 12.4 Å². The zero-order valence-corrected chi connectivity index (χ0v) is 14.3. The molecule has 0 aromatic heterocycles. The molecule has 0 spiro atoms. The van der Waals surface area contributed by atoms with Gasteiger partial charge in [0.2, 0.25) is 0 Å². The van der Waals surface area contributed by atoms with Gasteiger partial charge in [-0.3, -0.25) is 9.59 Å². The smallest absolute Gasteiger partial charge is 0.306 e. The maximum absolute atomic E-state index is 12.6. The van der Waals surface area contributed by atoms with Crippen LogP contribution in [0.25, 0.3) is 0 Å². The van der Waals surface area contributed by atoms with Crippen molar-refractivity contribution in [2.75, 3.05) is 13.2 Å². The van der Waals surface area contributed by atoms with Crippen molar-refractivity contribution in [2.24, 2.45) is 5.92 Å². The summed E-state index contributed by atoms with van der Waals surface area (Å²) in [5.74, 6) is -0.621. The Morgan fingerprint density at radius 1 is 1.16 bits per heavy atom. The van der Waals surface area contributed by atoms with E-state index in [2.05, 4.69) is 5.32 Å². The molecule has 6 heteroatoms. The molecule has 2 N–H and O–H groups in total. The molecule has 1 atom stereocenters. The highest BCUT2D eigenvalue weighted by Crippen LogP contribution is 2.26. The van der Waals surface area contributed by atoms with E-state index >= 15 is 0 Å². The molecule has 3 rings (SSSR count). The number of hydrogen-bond donors (Lipinski definition) is 2. The molecule has 2 fully saturated rings. The van der Waals surface area contributed by atoms with E-state index in [1.807, 2.05) is 12.1 Å². The quantitative estimate of drug-likeness (QED) is 0.826. The summed E-state index contributed by atoms with van der Waals surface area (Å²) in [6.07, 6.45) is 4.75. The maximum atomic E-state index is 12.6. The Kier molecular flexibility index (Phi) is 5.91. The van der Waals surface area contributed by atoms with Crippen LogP contribution in [-0.4, -0.2) is 42.3 Å². The van der Waals surface area contributed by atoms with Crippen LogP contribution < -0.4 is 10.1 Å². The van der Waals surface area contributed by atoms with Crippen molar-refractivity contribution < 1.29 is 24.2 Å². The normalized spacial score (nSPS) is 26.2. The minimum absolute atomic E-state index is 0.0225. The fourth-order valence-corrected chi connectivity index (χ4v) is 3.49. The number of benzene rings is 1. The number of aliphatic carboxylic acids is 1. The topological polar surface area (TPSA) is 84.9 Å². The lowest BCUT2D eigenvalue weighted by atomic mass is 9.86. The van der Waals surface area contributed by atoms with Crippen molar-refractivity contribution in [1.82, 2.24) is 5.32 Å². The number of carbonyl (C=O) groups is 2. The van der Waals surface area contributed by atoms with Gasteiger partial charge in [0.05, 0.1) is 17.6 Å². The van der Waals surface area contributed by atoms with Gasteiger partial charge in [-0.2, -0.15) is 0 Å². The van der Waals surface area contributed by atoms with Gasteiger partial charge in [0.25, 0.3) is 5.91 Å². The van der Waals surface area contributed by atoms with Crippen molar-refractivity contribution in [3.05, 3.63) is 29.8 Å². The van der Waals surface area contributed by atoms with Crippen LogP contribution >= 0.6 is 0 Å². The van der Waals surface area contributed by atoms with Crippen molar-refractivity contribution >= 4 is 11.9 Å². The first-order chi connectivity index (χ1) is 12.1. The van der Waals surface area contributed by atoms with Crippen molar-refractivity contribution in [3.63, 3.8) is 0 Å². The van der Waals surface area contributed by atoms with E-state index in [0.717, 1.165) is 19.4 Å². The lowest BCUT2D eigenvalue weighted by molar-refractivity contribution is -0.142. The Bertz CT molecular complexity index is 604. The van der Waals surface area contributed by atoms with Crippen LogP contribution in [0.3, 0.4) is 0 Å². The van der Waals surface area contributed by atoms with E-state index in [-0.39, 0.29) is 24.0 Å². The predicted molar refractivity (Wildman–Crippen MR) is 91.8 cm³/mol. The molecule has 1 aromatic carbocycles. The van der Waals surface area contributed by atoms with Gasteiger partial charge in [0, 0.05) is 12.6 Å². The maximum Gasteiger partial charge on any atom is 0.306 e. The summed E-state index contributed by atoms with van der Waals surface area (Å²) in [6, 6.07) is 7.23. The largest absolute Gasteiger partial charge is 0.490 e. The summed E-state index contributed by atoms with van der Waals surface area (Å²) in [7, 11) is 0. The second kappa shape index (κ2) is 8.34. The monoisotopic (exact) mass is 347 g/mol. The van der Waals surface area contributed by atoms with Crippen LogP contribution in [0.15, 0.2) is 24.3 Å². The van der Waals surface area contributed by atoms with Gasteiger partial charge >= 0.3 is 5.97 Å². The number of nitrogens with one attached hydrogen (secondary N) is 1. The molecule has 1 unspecified atom stereocenters. The third-order valence-corrected chi connectivity index (χ3v) is 4.99. The molecular weight excluding hydrogens is 322 g/mol. The second-order valence-electron chi connectivity index (χ2n) is 6.80. The Morgan fingerprint density at radius 2 is 1.92 bits per heavy atom. The van der Waals surface area contributed by atoms with Crippen molar-refractivity contribution in [3.8, 4) is 5.75 Å². The average Bonchev–Trinajstić information content (AvgIpc) is 3.14. The van der Waals surface area contributed by atoms with E-state index < -0.39 is 5.97 Å². The van der Waals surface area contributed by atoms with Gasteiger partial charge in [-0.1, -0.05) is 12.1 Å². The van der Waals surface area contributed by atoms with Crippen LogP contribution in [0.4, 0.5) is 0 Å². The van der Waals surface area contributed by atoms with Gasteiger partial charge in [0.15, 0.2) is 0 Å². The summed E-state index contributed by atoms with van der Waals surface area (Å²) in [5, 5.41) is 12.1. The van der Waals surface area contributed by atoms with Crippen LogP contribution in [0, 0.1) is 5.92 Å². The number of amides is 1. The summed E-state index contributed by atoms with van der Waals surface area (Å²) in [4.78, 5) is 23.6. The molecule has 1 aliphatic carbocycles. The zero-order chi connectivity index (χ0) is 17.6. The molecular formula is C19H25NO5. The number of ether oxygens (including phenoxy) is 2. The highest BCUT2D eigenvalue weighted by molar-refractivity contribution is 5.97. The number of hydrogen-bond acceptors (Lipinski definition) is 4. The molecule has 1 saturated carbocycles. The van der Waals surface area contributed by atoms with Gasteiger partial charge in [-0.05, 0) is 50.7 Å². The van der Waals surface area contributed by atoms with E-state index in [0.29, 0.717) is 43.6 Å². The van der Waals surface area contributed by atoms with Crippen LogP contribution in [0.1, 0.15) is 48.9 Å². The fraction of sp³-hybridized carbons (Fsp3) is 0.579. The minimum Gasteiger partial charge on any atom is -0.490 e. The first-order valence-electron chi connectivity index (χ1n) is 9.00. The number of carboxylic acids is 1. The van der Waals surface area contributed by atoms with Crippen molar-refractivity contribution in [2.45, 2.75) is 50.7 Å². The Morgan fingerprint density at radius 3 is 2.60 bits per heavy atom. The van der Waals surface area contributed by atoms with Gasteiger partial charge in [-0.25, -0.2) is 0 Å². The Balaban J connectivity index is 1.55. The lowest BCUT2D eigenvalue weighted by Crippen LogP contribution is -2.38. The first kappa shape index (κ1) is 17.7. The summed E-state index contributed by atoms with van der Waals surface area (Å²) in [5.41, 5.74) is 0.515.